The first kappa shape index (κ1) is 16.2. The lowest BCUT2D eigenvalue weighted by molar-refractivity contribution is 0.429. The van der Waals surface area contributed by atoms with E-state index in [1.54, 1.807) is 0 Å². The maximum Gasteiger partial charge on any atom is 0.295 e. The van der Waals surface area contributed by atoms with Crippen molar-refractivity contribution in [1.82, 2.24) is 10.2 Å². The molecule has 0 amide bonds. The molecule has 126 valence electrons. The molecule has 2 aromatic heterocycles. The molecule has 0 fully saturated rings. The van der Waals surface area contributed by atoms with Gasteiger partial charge in [0.25, 0.3) is 15.9 Å². The zero-order valence-electron chi connectivity index (χ0n) is 12.9. The van der Waals surface area contributed by atoms with E-state index in [2.05, 4.69) is 14.9 Å². The predicted molar refractivity (Wildman–Crippen MR) is 83.3 cm³/mol. The number of nitrogens with one attached hydrogen (secondary N) is 1. The van der Waals surface area contributed by atoms with Gasteiger partial charge in [-0.1, -0.05) is 26.0 Å². The highest BCUT2D eigenvalue weighted by molar-refractivity contribution is 7.92. The molecular formula is C15H14FN3O4S. The monoisotopic (exact) mass is 351 g/mol. The maximum absolute atomic E-state index is 13.6. The van der Waals surface area contributed by atoms with E-state index in [0.29, 0.717) is 5.89 Å². The van der Waals surface area contributed by atoms with Gasteiger partial charge in [-0.2, -0.15) is 8.42 Å². The van der Waals surface area contributed by atoms with Crippen LogP contribution in [0.25, 0.3) is 11.7 Å². The third-order valence-electron chi connectivity index (χ3n) is 3.11. The fraction of sp³-hybridized carbons (Fsp3) is 0.200. The standard InChI is InChI=1S/C15H14FN3O4S/c1-9(2)14-17-18-15(23-14)12-7-8-13(22-12)24(20,21)19-11-6-4-3-5-10(11)16/h3-9,19H,1-2H3. The molecule has 0 bridgehead atoms. The van der Waals surface area contributed by atoms with Crippen molar-refractivity contribution in [3.8, 4) is 11.7 Å². The first-order valence-electron chi connectivity index (χ1n) is 7.08. The third kappa shape index (κ3) is 3.16. The van der Waals surface area contributed by atoms with Gasteiger partial charge in [0.15, 0.2) is 5.76 Å². The number of anilines is 1. The van der Waals surface area contributed by atoms with Crippen LogP contribution in [0.5, 0.6) is 0 Å². The molecule has 0 atom stereocenters. The van der Waals surface area contributed by atoms with Crippen LogP contribution in [0.1, 0.15) is 25.7 Å². The van der Waals surface area contributed by atoms with Gasteiger partial charge in [-0.25, -0.2) is 4.39 Å². The topological polar surface area (TPSA) is 98.2 Å². The van der Waals surface area contributed by atoms with Gasteiger partial charge in [0.05, 0.1) is 5.69 Å². The van der Waals surface area contributed by atoms with Crippen molar-refractivity contribution in [2.75, 3.05) is 4.72 Å². The average molecular weight is 351 g/mol. The number of hydrogen-bond donors (Lipinski definition) is 1. The largest absolute Gasteiger partial charge is 0.438 e. The number of halogens is 1. The number of furan rings is 1. The van der Waals surface area contributed by atoms with Crippen molar-refractivity contribution in [3.05, 3.63) is 48.1 Å². The van der Waals surface area contributed by atoms with Crippen molar-refractivity contribution in [1.29, 1.82) is 0 Å². The molecule has 1 N–H and O–H groups in total. The first-order valence-corrected chi connectivity index (χ1v) is 8.56. The summed E-state index contributed by atoms with van der Waals surface area (Å²) in [6.45, 7) is 3.77. The lowest BCUT2D eigenvalue weighted by Crippen LogP contribution is -2.13. The van der Waals surface area contributed by atoms with Crippen LogP contribution in [0.3, 0.4) is 0 Å². The molecule has 0 aliphatic rings. The zero-order chi connectivity index (χ0) is 17.3. The van der Waals surface area contributed by atoms with Crippen molar-refractivity contribution >= 4 is 15.7 Å². The molecule has 0 aliphatic carbocycles. The van der Waals surface area contributed by atoms with E-state index in [4.69, 9.17) is 8.83 Å². The van der Waals surface area contributed by atoms with Crippen LogP contribution in [0.15, 0.2) is 50.3 Å². The summed E-state index contributed by atoms with van der Waals surface area (Å²) in [6.07, 6.45) is 0. The van der Waals surface area contributed by atoms with Gasteiger partial charge in [0, 0.05) is 5.92 Å². The summed E-state index contributed by atoms with van der Waals surface area (Å²) >= 11 is 0. The Morgan fingerprint density at radius 1 is 1.08 bits per heavy atom. The first-order chi connectivity index (χ1) is 11.4. The summed E-state index contributed by atoms with van der Waals surface area (Å²) in [5.74, 6) is -0.0527. The van der Waals surface area contributed by atoms with Crippen LogP contribution in [-0.4, -0.2) is 18.6 Å². The minimum absolute atomic E-state index is 0.0344. The van der Waals surface area contributed by atoms with Crippen LogP contribution >= 0.6 is 0 Å². The Bertz CT molecular complexity index is 963. The number of nitrogens with zero attached hydrogens (tertiary/aromatic N) is 2. The van der Waals surface area contributed by atoms with Crippen LogP contribution in [0, 0.1) is 5.82 Å². The van der Waals surface area contributed by atoms with Gasteiger partial charge in [-0.05, 0) is 24.3 Å². The van der Waals surface area contributed by atoms with E-state index in [1.165, 1.54) is 30.3 Å². The number of rotatable bonds is 5. The quantitative estimate of drug-likeness (QED) is 0.756. The summed E-state index contributed by atoms with van der Waals surface area (Å²) < 4.78 is 50.9. The summed E-state index contributed by atoms with van der Waals surface area (Å²) in [6, 6.07) is 8.06. The molecule has 9 heteroatoms. The molecule has 0 radical (unpaired) electrons. The molecule has 0 spiro atoms. The number of aromatic nitrogens is 2. The molecule has 0 saturated heterocycles. The van der Waals surface area contributed by atoms with Crippen molar-refractivity contribution in [3.63, 3.8) is 0 Å². The number of sulfonamides is 1. The summed E-state index contributed by atoms with van der Waals surface area (Å²) in [4.78, 5) is 0. The van der Waals surface area contributed by atoms with Gasteiger partial charge in [-0.3, -0.25) is 4.72 Å². The minimum atomic E-state index is -4.08. The van der Waals surface area contributed by atoms with Crippen molar-refractivity contribution in [2.24, 2.45) is 0 Å². The van der Waals surface area contributed by atoms with Crippen molar-refractivity contribution in [2.45, 2.75) is 24.9 Å². The van der Waals surface area contributed by atoms with E-state index in [1.807, 2.05) is 13.8 Å². The van der Waals surface area contributed by atoms with Gasteiger partial charge in [-0.15, -0.1) is 10.2 Å². The average Bonchev–Trinajstić information content (AvgIpc) is 3.18. The van der Waals surface area contributed by atoms with Crippen LogP contribution in [0.4, 0.5) is 10.1 Å². The molecule has 1 aromatic carbocycles. The smallest absolute Gasteiger partial charge is 0.295 e. The number of para-hydroxylation sites is 1. The summed E-state index contributed by atoms with van der Waals surface area (Å²) in [7, 11) is -4.08. The molecule has 3 aromatic rings. The lowest BCUT2D eigenvalue weighted by atomic mass is 10.2. The highest BCUT2D eigenvalue weighted by atomic mass is 32.2. The Morgan fingerprint density at radius 3 is 2.50 bits per heavy atom. The lowest BCUT2D eigenvalue weighted by Gasteiger charge is -2.06. The van der Waals surface area contributed by atoms with E-state index >= 15 is 0 Å². The Balaban J connectivity index is 1.87. The van der Waals surface area contributed by atoms with E-state index in [0.717, 1.165) is 6.07 Å². The summed E-state index contributed by atoms with van der Waals surface area (Å²) in [5.41, 5.74) is -0.171. The number of benzene rings is 1. The zero-order valence-corrected chi connectivity index (χ0v) is 13.7. The predicted octanol–water partition coefficient (Wildman–Crippen LogP) is 3.39. The van der Waals surface area contributed by atoms with Gasteiger partial charge in [0.2, 0.25) is 11.0 Å². The van der Waals surface area contributed by atoms with E-state index in [-0.39, 0.29) is 28.3 Å². The second-order valence-corrected chi connectivity index (χ2v) is 6.92. The number of hydrogen-bond acceptors (Lipinski definition) is 6. The van der Waals surface area contributed by atoms with Crippen LogP contribution < -0.4 is 4.72 Å². The SMILES string of the molecule is CC(C)c1nnc(-c2ccc(S(=O)(=O)Nc3ccccc3F)o2)o1. The van der Waals surface area contributed by atoms with Gasteiger partial charge >= 0.3 is 0 Å². The van der Waals surface area contributed by atoms with E-state index < -0.39 is 15.8 Å². The van der Waals surface area contributed by atoms with Crippen LogP contribution in [-0.2, 0) is 10.0 Å². The molecule has 24 heavy (non-hydrogen) atoms. The van der Waals surface area contributed by atoms with Gasteiger partial charge < -0.3 is 8.83 Å². The Morgan fingerprint density at radius 2 is 1.83 bits per heavy atom. The van der Waals surface area contributed by atoms with Gasteiger partial charge in [0.1, 0.15) is 5.82 Å². The van der Waals surface area contributed by atoms with Crippen molar-refractivity contribution < 1.29 is 21.6 Å². The second-order valence-electron chi connectivity index (χ2n) is 5.30. The minimum Gasteiger partial charge on any atom is -0.438 e. The molecule has 2 heterocycles. The molecule has 3 rings (SSSR count). The third-order valence-corrected chi connectivity index (χ3v) is 4.35. The molecule has 7 nitrogen and oxygen atoms in total. The summed E-state index contributed by atoms with van der Waals surface area (Å²) in [5, 5.41) is 7.28. The molecular weight excluding hydrogens is 337 g/mol. The molecule has 0 saturated carbocycles. The highest BCUT2D eigenvalue weighted by Crippen LogP contribution is 2.26. The van der Waals surface area contributed by atoms with E-state index in [9.17, 15) is 12.8 Å². The molecule has 0 unspecified atom stereocenters. The Labute approximate surface area is 137 Å². The fourth-order valence-corrected chi connectivity index (χ4v) is 2.89. The maximum atomic E-state index is 13.6. The Kier molecular flexibility index (Phi) is 4.10. The second kappa shape index (κ2) is 6.08. The fourth-order valence-electron chi connectivity index (χ4n) is 1.89. The Hall–Kier alpha value is -2.68. The highest BCUT2D eigenvalue weighted by Gasteiger charge is 2.23. The van der Waals surface area contributed by atoms with Crippen LogP contribution in [0.2, 0.25) is 0 Å². The molecule has 0 aliphatic heterocycles. The normalized spacial score (nSPS) is 11.8.